The van der Waals surface area contributed by atoms with Crippen LogP contribution in [0.15, 0.2) is 23.1 Å². The minimum absolute atomic E-state index is 0.153. The van der Waals surface area contributed by atoms with Crippen molar-refractivity contribution in [3.63, 3.8) is 0 Å². The van der Waals surface area contributed by atoms with Crippen LogP contribution in [0.2, 0.25) is 0 Å². The minimum Gasteiger partial charge on any atom is -0.379 e. The highest BCUT2D eigenvalue weighted by Crippen LogP contribution is 2.21. The maximum atomic E-state index is 12.6. The molecule has 1 heterocycles. The van der Waals surface area contributed by atoms with E-state index in [1.54, 1.807) is 12.1 Å². The summed E-state index contributed by atoms with van der Waals surface area (Å²) in [5, 5.41) is 0. The van der Waals surface area contributed by atoms with E-state index in [9.17, 15) is 16.8 Å². The highest BCUT2D eigenvalue weighted by Gasteiger charge is 2.36. The molecular weight excluding hydrogens is 352 g/mol. The first-order chi connectivity index (χ1) is 11.0. The Morgan fingerprint density at radius 3 is 2.21 bits per heavy atom. The molecule has 0 radical (unpaired) electrons. The fraction of sp³-hybridized carbons (Fsp3) is 0.600. The molecule has 0 amide bonds. The Morgan fingerprint density at radius 1 is 1.08 bits per heavy atom. The van der Waals surface area contributed by atoms with Crippen LogP contribution in [0.3, 0.4) is 0 Å². The summed E-state index contributed by atoms with van der Waals surface area (Å²) >= 11 is 0. The van der Waals surface area contributed by atoms with Crippen LogP contribution in [0.5, 0.6) is 0 Å². The normalized spacial score (nSPS) is 22.2. The zero-order valence-corrected chi connectivity index (χ0v) is 15.9. The number of sulfonamides is 2. The van der Waals surface area contributed by atoms with Gasteiger partial charge in [-0.25, -0.2) is 25.9 Å². The fourth-order valence-electron chi connectivity index (χ4n) is 2.67. The average molecular weight is 377 g/mol. The number of rotatable bonds is 6. The van der Waals surface area contributed by atoms with Crippen molar-refractivity contribution >= 4 is 20.0 Å². The molecule has 0 aliphatic carbocycles. The molecule has 0 bridgehead atoms. The Bertz CT molecular complexity index is 783. The van der Waals surface area contributed by atoms with Gasteiger partial charge in [0.2, 0.25) is 20.0 Å². The van der Waals surface area contributed by atoms with Gasteiger partial charge in [-0.3, -0.25) is 0 Å². The van der Waals surface area contributed by atoms with Gasteiger partial charge in [0.1, 0.15) is 0 Å². The van der Waals surface area contributed by atoms with Crippen LogP contribution in [0, 0.1) is 19.8 Å². The molecule has 0 unspecified atom stereocenters. The summed E-state index contributed by atoms with van der Waals surface area (Å²) in [5.74, 6) is -0.571. The second-order valence-electron chi connectivity index (χ2n) is 6.41. The largest absolute Gasteiger partial charge is 0.379 e. The Balaban J connectivity index is 2.19. The molecule has 1 aliphatic heterocycles. The van der Waals surface area contributed by atoms with Crippen LogP contribution in [0.25, 0.3) is 0 Å². The fourth-order valence-corrected chi connectivity index (χ4v) is 5.31. The van der Waals surface area contributed by atoms with E-state index in [2.05, 4.69) is 4.72 Å². The molecule has 2 atom stereocenters. The summed E-state index contributed by atoms with van der Waals surface area (Å²) in [4.78, 5) is 0.182. The van der Waals surface area contributed by atoms with Gasteiger partial charge in [0.05, 0.1) is 29.9 Å². The predicted octanol–water partition coefficient (Wildman–Crippen LogP) is 0.488. The number of nitrogens with zero attached hydrogens (tertiary/aromatic N) is 1. The van der Waals surface area contributed by atoms with Crippen molar-refractivity contribution in [2.45, 2.75) is 24.8 Å². The Morgan fingerprint density at radius 2 is 1.67 bits per heavy atom. The molecule has 1 aromatic carbocycles. The molecule has 0 saturated carbocycles. The van der Waals surface area contributed by atoms with Gasteiger partial charge in [-0.15, -0.1) is 0 Å². The number of ether oxygens (including phenoxy) is 1. The monoisotopic (exact) mass is 376 g/mol. The smallest absolute Gasteiger partial charge is 0.240 e. The molecule has 1 saturated heterocycles. The van der Waals surface area contributed by atoms with Gasteiger partial charge in [-0.05, 0) is 37.1 Å². The topological polar surface area (TPSA) is 92.8 Å². The lowest BCUT2D eigenvalue weighted by Gasteiger charge is -2.21. The molecule has 24 heavy (non-hydrogen) atoms. The summed E-state index contributed by atoms with van der Waals surface area (Å²) in [6, 6.07) is 4.52. The lowest BCUT2D eigenvalue weighted by atomic mass is 10.1. The molecule has 0 spiro atoms. The third-order valence-electron chi connectivity index (χ3n) is 3.99. The Kier molecular flexibility index (Phi) is 5.71. The van der Waals surface area contributed by atoms with Crippen molar-refractivity contribution in [1.29, 1.82) is 0 Å². The van der Waals surface area contributed by atoms with Crippen molar-refractivity contribution in [3.8, 4) is 0 Å². The maximum Gasteiger partial charge on any atom is 0.240 e. The highest BCUT2D eigenvalue weighted by molar-refractivity contribution is 7.89. The number of aryl methyl sites for hydroxylation is 2. The van der Waals surface area contributed by atoms with Crippen molar-refractivity contribution < 1.29 is 21.6 Å². The lowest BCUT2D eigenvalue weighted by molar-refractivity contribution is 0.185. The predicted molar refractivity (Wildman–Crippen MR) is 91.8 cm³/mol. The van der Waals surface area contributed by atoms with E-state index >= 15 is 0 Å². The Labute approximate surface area is 144 Å². The molecule has 1 aliphatic rings. The van der Waals surface area contributed by atoms with Gasteiger partial charge in [-0.1, -0.05) is 6.07 Å². The van der Waals surface area contributed by atoms with Crippen molar-refractivity contribution in [2.24, 2.45) is 5.92 Å². The number of nitrogens with one attached hydrogen (secondary N) is 1. The molecular formula is C15H24N2O5S2. The average Bonchev–Trinajstić information content (AvgIpc) is 2.83. The summed E-state index contributed by atoms with van der Waals surface area (Å²) < 4.78 is 58.4. The van der Waals surface area contributed by atoms with E-state index in [0.717, 1.165) is 15.4 Å². The van der Waals surface area contributed by atoms with Crippen molar-refractivity contribution in [3.05, 3.63) is 29.3 Å². The lowest BCUT2D eigenvalue weighted by Crippen LogP contribution is -2.43. The van der Waals surface area contributed by atoms with Gasteiger partial charge in [0.25, 0.3) is 0 Å². The van der Waals surface area contributed by atoms with E-state index in [4.69, 9.17) is 4.74 Å². The molecule has 1 aromatic rings. The van der Waals surface area contributed by atoms with E-state index in [1.807, 2.05) is 19.9 Å². The van der Waals surface area contributed by atoms with Gasteiger partial charge in [0, 0.05) is 20.0 Å². The molecule has 2 rings (SSSR count). The minimum atomic E-state index is -3.74. The number of hydrogen-bond donors (Lipinski definition) is 1. The van der Waals surface area contributed by atoms with E-state index in [-0.39, 0.29) is 23.9 Å². The molecule has 1 fully saturated rings. The first kappa shape index (κ1) is 19.3. The van der Waals surface area contributed by atoms with Crippen LogP contribution < -0.4 is 4.72 Å². The summed E-state index contributed by atoms with van der Waals surface area (Å²) in [6.07, 6.45) is 0. The third-order valence-corrected chi connectivity index (χ3v) is 7.42. The molecule has 136 valence electrons. The summed E-state index contributed by atoms with van der Waals surface area (Å²) in [5.41, 5.74) is 1.70. The second-order valence-corrected chi connectivity index (χ2v) is 10.4. The maximum absolute atomic E-state index is 12.6. The SMILES string of the molecule is Cc1cc(C)cc(S(=O)(=O)N[C@H]2COC[C@H]2CS(=O)(=O)N(C)C)c1. The van der Waals surface area contributed by atoms with Crippen LogP contribution in [0.1, 0.15) is 11.1 Å². The highest BCUT2D eigenvalue weighted by atomic mass is 32.2. The molecule has 7 nitrogen and oxygen atoms in total. The molecule has 1 N–H and O–H groups in total. The zero-order chi connectivity index (χ0) is 18.1. The molecule has 9 heteroatoms. The number of benzene rings is 1. The third kappa shape index (κ3) is 4.54. The standard InChI is InChI=1S/C15H24N2O5S2/c1-11-5-12(2)7-14(6-11)24(20,21)16-15-9-22-8-13(15)10-23(18,19)17(3)4/h5-7,13,15-16H,8-10H2,1-4H3/t13-,15-/m0/s1. The van der Waals surface area contributed by atoms with Crippen LogP contribution in [-0.2, 0) is 24.8 Å². The Hall–Kier alpha value is -1.00. The van der Waals surface area contributed by atoms with Gasteiger partial charge >= 0.3 is 0 Å². The van der Waals surface area contributed by atoms with Crippen LogP contribution in [0.4, 0.5) is 0 Å². The first-order valence-electron chi connectivity index (χ1n) is 7.60. The van der Waals surface area contributed by atoms with Crippen molar-refractivity contribution in [2.75, 3.05) is 33.1 Å². The number of hydrogen-bond acceptors (Lipinski definition) is 5. The quantitative estimate of drug-likeness (QED) is 0.780. The van der Waals surface area contributed by atoms with Gasteiger partial charge in [0.15, 0.2) is 0 Å². The van der Waals surface area contributed by atoms with Crippen LogP contribution >= 0.6 is 0 Å². The summed E-state index contributed by atoms with van der Waals surface area (Å²) in [7, 11) is -4.25. The van der Waals surface area contributed by atoms with Crippen LogP contribution in [-0.4, -0.2) is 60.2 Å². The van der Waals surface area contributed by atoms with Gasteiger partial charge < -0.3 is 4.74 Å². The van der Waals surface area contributed by atoms with E-state index in [0.29, 0.717) is 0 Å². The zero-order valence-electron chi connectivity index (χ0n) is 14.3. The van der Waals surface area contributed by atoms with Gasteiger partial charge in [-0.2, -0.15) is 0 Å². The van der Waals surface area contributed by atoms with E-state index < -0.39 is 32.0 Å². The van der Waals surface area contributed by atoms with Crippen molar-refractivity contribution in [1.82, 2.24) is 9.03 Å². The molecule has 0 aromatic heterocycles. The first-order valence-corrected chi connectivity index (χ1v) is 10.7. The van der Waals surface area contributed by atoms with E-state index in [1.165, 1.54) is 14.1 Å². The second kappa shape index (κ2) is 7.09. The summed E-state index contributed by atoms with van der Waals surface area (Å²) in [6.45, 7) is 4.04.